The number of rotatable bonds is 4. The van der Waals surface area contributed by atoms with Gasteiger partial charge >= 0.3 is 6.03 Å². The van der Waals surface area contributed by atoms with E-state index in [-0.39, 0.29) is 11.6 Å². The molecule has 1 saturated heterocycles. The Bertz CT molecular complexity index is 815. The van der Waals surface area contributed by atoms with Crippen LogP contribution in [0, 0.1) is 0 Å². The summed E-state index contributed by atoms with van der Waals surface area (Å²) in [5, 5.41) is 3.21. The van der Waals surface area contributed by atoms with E-state index in [2.05, 4.69) is 5.32 Å². The lowest BCUT2D eigenvalue weighted by Gasteiger charge is -2.10. The Kier molecular flexibility index (Phi) is 4.53. The molecule has 0 unspecified atom stereocenters. The summed E-state index contributed by atoms with van der Waals surface area (Å²) in [6.45, 7) is 0.373. The highest BCUT2D eigenvalue weighted by Gasteiger charge is 2.30. The third-order valence-electron chi connectivity index (χ3n) is 3.61. The Labute approximate surface area is 144 Å². The van der Waals surface area contributed by atoms with Gasteiger partial charge in [0.2, 0.25) is 0 Å². The summed E-state index contributed by atoms with van der Waals surface area (Å²) in [6.07, 6.45) is 1.61. The van der Waals surface area contributed by atoms with Gasteiger partial charge in [0.15, 0.2) is 0 Å². The molecule has 3 rings (SSSR count). The van der Waals surface area contributed by atoms with E-state index in [4.69, 9.17) is 16.3 Å². The van der Waals surface area contributed by atoms with E-state index < -0.39 is 6.03 Å². The number of carbonyl (C=O) groups is 2. The Morgan fingerprint density at radius 2 is 1.83 bits per heavy atom. The van der Waals surface area contributed by atoms with Crippen LogP contribution in [0.3, 0.4) is 0 Å². The number of nitrogens with zero attached hydrogens (tertiary/aromatic N) is 1. The number of para-hydroxylation sites is 1. The summed E-state index contributed by atoms with van der Waals surface area (Å²) in [4.78, 5) is 24.5. The van der Waals surface area contributed by atoms with Gasteiger partial charge in [-0.3, -0.25) is 9.69 Å². The summed E-state index contributed by atoms with van der Waals surface area (Å²) < 4.78 is 5.84. The van der Waals surface area contributed by atoms with E-state index in [0.717, 1.165) is 10.5 Å². The van der Waals surface area contributed by atoms with E-state index in [1.54, 1.807) is 18.2 Å². The molecule has 0 aromatic heterocycles. The van der Waals surface area contributed by atoms with Gasteiger partial charge in [-0.15, -0.1) is 0 Å². The topological polar surface area (TPSA) is 58.6 Å². The summed E-state index contributed by atoms with van der Waals surface area (Å²) in [5.41, 5.74) is 1.92. The standard InChI is InChI=1S/C18H15ClN2O3/c1-21-17(22)15(20-18(21)23)10-13-4-2-3-5-16(13)24-11-12-6-8-14(19)9-7-12/h2-10H,11H2,1H3,(H,20,23)/b15-10+. The molecule has 1 aliphatic rings. The number of urea groups is 1. The van der Waals surface area contributed by atoms with Crippen molar-refractivity contribution in [1.82, 2.24) is 10.2 Å². The molecule has 2 aromatic carbocycles. The first kappa shape index (κ1) is 16.1. The van der Waals surface area contributed by atoms with E-state index >= 15 is 0 Å². The predicted molar refractivity (Wildman–Crippen MR) is 91.5 cm³/mol. The average molecular weight is 343 g/mol. The zero-order valence-electron chi connectivity index (χ0n) is 13.0. The normalized spacial score (nSPS) is 15.8. The average Bonchev–Trinajstić information content (AvgIpc) is 2.82. The third kappa shape index (κ3) is 3.41. The van der Waals surface area contributed by atoms with Gasteiger partial charge in [-0.2, -0.15) is 0 Å². The van der Waals surface area contributed by atoms with E-state index in [9.17, 15) is 9.59 Å². The molecule has 1 aliphatic heterocycles. The Balaban J connectivity index is 1.79. The summed E-state index contributed by atoms with van der Waals surface area (Å²) >= 11 is 5.87. The first-order valence-electron chi connectivity index (χ1n) is 7.31. The van der Waals surface area contributed by atoms with Gasteiger partial charge in [0.1, 0.15) is 18.1 Å². The second-order valence-electron chi connectivity index (χ2n) is 5.31. The molecule has 0 saturated carbocycles. The number of carbonyl (C=O) groups excluding carboxylic acids is 2. The molecule has 0 atom stereocenters. The minimum Gasteiger partial charge on any atom is -0.488 e. The van der Waals surface area contributed by atoms with Crippen molar-refractivity contribution in [2.24, 2.45) is 0 Å². The minimum absolute atomic E-state index is 0.227. The number of benzene rings is 2. The van der Waals surface area contributed by atoms with Gasteiger partial charge in [-0.25, -0.2) is 4.79 Å². The van der Waals surface area contributed by atoms with Gasteiger partial charge in [0, 0.05) is 17.6 Å². The van der Waals surface area contributed by atoms with Crippen LogP contribution in [0.5, 0.6) is 5.75 Å². The van der Waals surface area contributed by atoms with E-state index in [1.807, 2.05) is 36.4 Å². The molecular weight excluding hydrogens is 328 g/mol. The lowest BCUT2D eigenvalue weighted by molar-refractivity contribution is -0.121. The van der Waals surface area contributed by atoms with Crippen LogP contribution in [0.4, 0.5) is 4.79 Å². The highest BCUT2D eigenvalue weighted by molar-refractivity contribution is 6.30. The van der Waals surface area contributed by atoms with Crippen molar-refractivity contribution in [2.45, 2.75) is 6.61 Å². The first-order chi connectivity index (χ1) is 11.5. The van der Waals surface area contributed by atoms with E-state index in [1.165, 1.54) is 7.05 Å². The Hall–Kier alpha value is -2.79. The molecule has 0 spiro atoms. The highest BCUT2D eigenvalue weighted by Crippen LogP contribution is 2.23. The summed E-state index contributed by atoms with van der Waals surface area (Å²) in [5.74, 6) is 0.254. The quantitative estimate of drug-likeness (QED) is 0.684. The Morgan fingerprint density at radius 3 is 2.50 bits per heavy atom. The van der Waals surface area contributed by atoms with Crippen molar-refractivity contribution < 1.29 is 14.3 Å². The van der Waals surface area contributed by atoms with Gasteiger partial charge in [0.05, 0.1) is 0 Å². The number of amides is 3. The molecular formula is C18H15ClN2O3. The molecule has 3 amide bonds. The lowest BCUT2D eigenvalue weighted by atomic mass is 10.1. The smallest absolute Gasteiger partial charge is 0.328 e. The number of hydrogen-bond acceptors (Lipinski definition) is 3. The number of likely N-dealkylation sites (N-methyl/N-ethyl adjacent to an activating group) is 1. The summed E-state index contributed by atoms with van der Waals surface area (Å²) in [7, 11) is 1.43. The second kappa shape index (κ2) is 6.76. The van der Waals surface area contributed by atoms with Crippen LogP contribution in [-0.2, 0) is 11.4 Å². The second-order valence-corrected chi connectivity index (χ2v) is 5.74. The van der Waals surface area contributed by atoms with Crippen LogP contribution in [0.25, 0.3) is 6.08 Å². The van der Waals surface area contributed by atoms with Gasteiger partial charge < -0.3 is 10.1 Å². The van der Waals surface area contributed by atoms with Crippen molar-refractivity contribution in [3.05, 3.63) is 70.4 Å². The van der Waals surface area contributed by atoms with Crippen molar-refractivity contribution >= 4 is 29.6 Å². The number of nitrogens with one attached hydrogen (secondary N) is 1. The number of halogens is 1. The van der Waals surface area contributed by atoms with Crippen LogP contribution in [0.1, 0.15) is 11.1 Å². The molecule has 6 heteroatoms. The van der Waals surface area contributed by atoms with Crippen LogP contribution in [0.2, 0.25) is 5.02 Å². The zero-order chi connectivity index (χ0) is 17.1. The summed E-state index contributed by atoms with van der Waals surface area (Å²) in [6, 6.07) is 14.3. The fraction of sp³-hybridized carbons (Fsp3) is 0.111. The number of hydrogen-bond donors (Lipinski definition) is 1. The number of ether oxygens (including phenoxy) is 1. The fourth-order valence-electron chi connectivity index (χ4n) is 2.25. The maximum Gasteiger partial charge on any atom is 0.328 e. The SMILES string of the molecule is CN1C(=O)N/C(=C/c2ccccc2OCc2ccc(Cl)cc2)C1=O. The molecule has 0 radical (unpaired) electrons. The highest BCUT2D eigenvalue weighted by atomic mass is 35.5. The van der Waals surface area contributed by atoms with Crippen LogP contribution in [0.15, 0.2) is 54.2 Å². The van der Waals surface area contributed by atoms with Crippen LogP contribution >= 0.6 is 11.6 Å². The molecule has 1 fully saturated rings. The molecule has 1 N–H and O–H groups in total. The molecule has 1 heterocycles. The maximum absolute atomic E-state index is 12.0. The van der Waals surface area contributed by atoms with Crippen molar-refractivity contribution in [3.8, 4) is 5.75 Å². The Morgan fingerprint density at radius 1 is 1.12 bits per heavy atom. The molecule has 0 aliphatic carbocycles. The van der Waals surface area contributed by atoms with E-state index in [0.29, 0.717) is 22.9 Å². The van der Waals surface area contributed by atoms with Crippen LogP contribution in [-0.4, -0.2) is 23.9 Å². The third-order valence-corrected chi connectivity index (χ3v) is 3.86. The maximum atomic E-state index is 12.0. The van der Waals surface area contributed by atoms with Gasteiger partial charge in [0.25, 0.3) is 5.91 Å². The molecule has 0 bridgehead atoms. The first-order valence-corrected chi connectivity index (χ1v) is 7.69. The van der Waals surface area contributed by atoms with Crippen LogP contribution < -0.4 is 10.1 Å². The minimum atomic E-state index is -0.439. The molecule has 122 valence electrons. The largest absolute Gasteiger partial charge is 0.488 e. The van der Waals surface area contributed by atoms with Gasteiger partial charge in [-0.05, 0) is 29.8 Å². The fourth-order valence-corrected chi connectivity index (χ4v) is 2.38. The lowest BCUT2D eigenvalue weighted by Crippen LogP contribution is -2.25. The van der Waals surface area contributed by atoms with Crippen molar-refractivity contribution in [3.63, 3.8) is 0 Å². The zero-order valence-corrected chi connectivity index (χ0v) is 13.7. The molecule has 2 aromatic rings. The predicted octanol–water partition coefficient (Wildman–Crippen LogP) is 3.44. The van der Waals surface area contributed by atoms with Gasteiger partial charge in [-0.1, -0.05) is 41.9 Å². The van der Waals surface area contributed by atoms with Crippen molar-refractivity contribution in [2.75, 3.05) is 7.05 Å². The number of imide groups is 1. The molecule has 5 nitrogen and oxygen atoms in total. The molecule has 24 heavy (non-hydrogen) atoms. The monoisotopic (exact) mass is 342 g/mol. The van der Waals surface area contributed by atoms with Crippen molar-refractivity contribution in [1.29, 1.82) is 0 Å².